The average molecular weight is 225 g/mol. The highest BCUT2D eigenvalue weighted by Gasteiger charge is 2.01. The number of likely N-dealkylation sites (N-methyl/N-ethyl adjacent to an activating group) is 1. The molecule has 5 nitrogen and oxygen atoms in total. The molecule has 0 unspecified atom stereocenters. The van der Waals surface area contributed by atoms with Crippen molar-refractivity contribution >= 4 is 0 Å². The van der Waals surface area contributed by atoms with E-state index >= 15 is 0 Å². The van der Waals surface area contributed by atoms with E-state index in [1.807, 2.05) is 7.05 Å². The van der Waals surface area contributed by atoms with Crippen LogP contribution in [0.3, 0.4) is 0 Å². The van der Waals surface area contributed by atoms with Gasteiger partial charge in [0.1, 0.15) is 12.2 Å². The van der Waals surface area contributed by atoms with Crippen molar-refractivity contribution in [3.63, 3.8) is 0 Å². The maximum Gasteiger partial charge on any atom is 0.140 e. The number of rotatable bonds is 8. The van der Waals surface area contributed by atoms with Crippen LogP contribution in [0.15, 0.2) is 6.33 Å². The maximum atomic E-state index is 4.16. The lowest BCUT2D eigenvalue weighted by Gasteiger charge is -2.19. The number of nitrogens with zero attached hydrogens (tertiary/aromatic N) is 4. The van der Waals surface area contributed by atoms with E-state index in [9.17, 15) is 0 Å². The molecule has 0 spiro atoms. The topological polar surface area (TPSA) is 46.0 Å². The molecule has 0 radical (unpaired) electrons. The highest BCUT2D eigenvalue weighted by molar-refractivity contribution is 4.82. The van der Waals surface area contributed by atoms with Crippen molar-refractivity contribution in [1.82, 2.24) is 25.0 Å². The van der Waals surface area contributed by atoms with Gasteiger partial charge in [0.2, 0.25) is 0 Å². The lowest BCUT2D eigenvalue weighted by Crippen LogP contribution is -2.32. The summed E-state index contributed by atoms with van der Waals surface area (Å²) in [5, 5.41) is 7.42. The van der Waals surface area contributed by atoms with Gasteiger partial charge in [-0.15, -0.1) is 0 Å². The molecule has 1 rings (SSSR count). The lowest BCUT2D eigenvalue weighted by molar-refractivity contribution is 0.287. The van der Waals surface area contributed by atoms with E-state index in [1.54, 1.807) is 11.0 Å². The SMILES string of the molecule is CCCN(CC)CCNCc1ncnn1C. The minimum absolute atomic E-state index is 0.792. The fourth-order valence-electron chi connectivity index (χ4n) is 1.66. The van der Waals surface area contributed by atoms with E-state index in [4.69, 9.17) is 0 Å². The van der Waals surface area contributed by atoms with E-state index in [1.165, 1.54) is 13.0 Å². The predicted molar refractivity (Wildman–Crippen MR) is 65.1 cm³/mol. The summed E-state index contributed by atoms with van der Waals surface area (Å²) >= 11 is 0. The third-order valence-corrected chi connectivity index (χ3v) is 2.68. The van der Waals surface area contributed by atoms with E-state index in [0.717, 1.165) is 32.0 Å². The molecule has 0 aromatic carbocycles. The first kappa shape index (κ1) is 13.1. The Hall–Kier alpha value is -0.940. The number of hydrogen-bond donors (Lipinski definition) is 1. The van der Waals surface area contributed by atoms with Crippen LogP contribution in [0, 0.1) is 0 Å². The van der Waals surface area contributed by atoms with Gasteiger partial charge in [-0.2, -0.15) is 5.10 Å². The number of nitrogens with one attached hydrogen (secondary N) is 1. The Bertz CT molecular complexity index is 284. The number of aromatic nitrogens is 3. The molecule has 16 heavy (non-hydrogen) atoms. The predicted octanol–water partition coefficient (Wildman–Crippen LogP) is 0.637. The monoisotopic (exact) mass is 225 g/mol. The number of aryl methyl sites for hydroxylation is 1. The molecular formula is C11H23N5. The highest BCUT2D eigenvalue weighted by atomic mass is 15.3. The van der Waals surface area contributed by atoms with Crippen LogP contribution in [0.1, 0.15) is 26.1 Å². The van der Waals surface area contributed by atoms with E-state index in [-0.39, 0.29) is 0 Å². The molecule has 0 saturated carbocycles. The van der Waals surface area contributed by atoms with Gasteiger partial charge in [0.25, 0.3) is 0 Å². The van der Waals surface area contributed by atoms with Crippen LogP contribution in [-0.4, -0.2) is 45.8 Å². The van der Waals surface area contributed by atoms with Gasteiger partial charge in [0.05, 0.1) is 6.54 Å². The summed E-state index contributed by atoms with van der Waals surface area (Å²) in [4.78, 5) is 6.61. The summed E-state index contributed by atoms with van der Waals surface area (Å²) in [6.45, 7) is 9.62. The minimum atomic E-state index is 0.792. The Kier molecular flexibility index (Phi) is 6.03. The zero-order chi connectivity index (χ0) is 11.8. The quantitative estimate of drug-likeness (QED) is 0.659. The Morgan fingerprint density at radius 1 is 1.38 bits per heavy atom. The van der Waals surface area contributed by atoms with Gasteiger partial charge >= 0.3 is 0 Å². The van der Waals surface area contributed by atoms with Crippen LogP contribution in [-0.2, 0) is 13.6 Å². The molecule has 1 aromatic rings. The van der Waals surface area contributed by atoms with Crippen molar-refractivity contribution in [2.24, 2.45) is 7.05 Å². The van der Waals surface area contributed by atoms with Crippen molar-refractivity contribution in [1.29, 1.82) is 0 Å². The minimum Gasteiger partial charge on any atom is -0.309 e. The molecule has 0 aliphatic heterocycles. The Morgan fingerprint density at radius 3 is 2.75 bits per heavy atom. The van der Waals surface area contributed by atoms with Gasteiger partial charge in [-0.05, 0) is 19.5 Å². The van der Waals surface area contributed by atoms with Crippen molar-refractivity contribution in [2.45, 2.75) is 26.8 Å². The zero-order valence-electron chi connectivity index (χ0n) is 10.6. The van der Waals surface area contributed by atoms with Crippen LogP contribution in [0.5, 0.6) is 0 Å². The van der Waals surface area contributed by atoms with Crippen LogP contribution in [0.25, 0.3) is 0 Å². The first-order chi connectivity index (χ1) is 7.77. The van der Waals surface area contributed by atoms with Crippen molar-refractivity contribution in [3.8, 4) is 0 Å². The molecule has 1 heterocycles. The molecule has 0 aliphatic carbocycles. The Morgan fingerprint density at radius 2 is 2.19 bits per heavy atom. The molecule has 5 heteroatoms. The fourth-order valence-corrected chi connectivity index (χ4v) is 1.66. The van der Waals surface area contributed by atoms with Crippen molar-refractivity contribution in [2.75, 3.05) is 26.2 Å². The standard InChI is InChI=1S/C11H23N5/c1-4-7-16(5-2)8-6-12-9-11-13-10-14-15(11)3/h10,12H,4-9H2,1-3H3. The zero-order valence-corrected chi connectivity index (χ0v) is 10.6. The summed E-state index contributed by atoms with van der Waals surface area (Å²) in [5.41, 5.74) is 0. The van der Waals surface area contributed by atoms with E-state index < -0.39 is 0 Å². The average Bonchev–Trinajstić information content (AvgIpc) is 2.69. The summed E-state index contributed by atoms with van der Waals surface area (Å²) < 4.78 is 1.80. The molecular weight excluding hydrogens is 202 g/mol. The van der Waals surface area contributed by atoms with E-state index in [0.29, 0.717) is 0 Å². The summed E-state index contributed by atoms with van der Waals surface area (Å²) in [5.74, 6) is 0.985. The van der Waals surface area contributed by atoms with E-state index in [2.05, 4.69) is 34.1 Å². The molecule has 0 amide bonds. The van der Waals surface area contributed by atoms with Crippen molar-refractivity contribution < 1.29 is 0 Å². The van der Waals surface area contributed by atoms with Crippen LogP contribution in [0.2, 0.25) is 0 Å². The fraction of sp³-hybridized carbons (Fsp3) is 0.818. The summed E-state index contributed by atoms with van der Waals surface area (Å²) in [6, 6.07) is 0. The van der Waals surface area contributed by atoms with Crippen LogP contribution in [0.4, 0.5) is 0 Å². The molecule has 92 valence electrons. The largest absolute Gasteiger partial charge is 0.309 e. The summed E-state index contributed by atoms with van der Waals surface area (Å²) in [6.07, 6.45) is 2.81. The van der Waals surface area contributed by atoms with Gasteiger partial charge in [-0.25, -0.2) is 4.98 Å². The van der Waals surface area contributed by atoms with Gasteiger partial charge in [0, 0.05) is 20.1 Å². The highest BCUT2D eigenvalue weighted by Crippen LogP contribution is 1.91. The third kappa shape index (κ3) is 4.28. The van der Waals surface area contributed by atoms with Crippen molar-refractivity contribution in [3.05, 3.63) is 12.2 Å². The van der Waals surface area contributed by atoms with Gasteiger partial charge in [0.15, 0.2) is 0 Å². The molecule has 0 aliphatic rings. The lowest BCUT2D eigenvalue weighted by atomic mass is 10.4. The van der Waals surface area contributed by atoms with Gasteiger partial charge in [-0.3, -0.25) is 4.68 Å². The molecule has 0 bridgehead atoms. The third-order valence-electron chi connectivity index (χ3n) is 2.68. The maximum absolute atomic E-state index is 4.16. The molecule has 0 saturated heterocycles. The molecule has 0 fully saturated rings. The molecule has 0 atom stereocenters. The normalized spacial score (nSPS) is 11.2. The second-order valence-corrected chi connectivity index (χ2v) is 3.91. The Balaban J connectivity index is 2.14. The molecule has 1 N–H and O–H groups in total. The second kappa shape index (κ2) is 7.35. The van der Waals surface area contributed by atoms with Gasteiger partial charge < -0.3 is 10.2 Å². The number of hydrogen-bond acceptors (Lipinski definition) is 4. The van der Waals surface area contributed by atoms with Crippen LogP contribution >= 0.6 is 0 Å². The summed E-state index contributed by atoms with van der Waals surface area (Å²) in [7, 11) is 1.92. The van der Waals surface area contributed by atoms with Gasteiger partial charge in [-0.1, -0.05) is 13.8 Å². The van der Waals surface area contributed by atoms with Crippen LogP contribution < -0.4 is 5.32 Å². The Labute approximate surface area is 97.9 Å². The first-order valence-corrected chi connectivity index (χ1v) is 6.03. The second-order valence-electron chi connectivity index (χ2n) is 3.91. The molecule has 1 aromatic heterocycles. The first-order valence-electron chi connectivity index (χ1n) is 6.03. The smallest absolute Gasteiger partial charge is 0.140 e.